The van der Waals surface area contributed by atoms with Crippen LogP contribution in [0.3, 0.4) is 0 Å². The molecule has 4 rings (SSSR count). The molecule has 1 saturated heterocycles. The lowest BCUT2D eigenvalue weighted by molar-refractivity contribution is 0.0746. The number of hydrogen-bond acceptors (Lipinski definition) is 4. The van der Waals surface area contributed by atoms with Gasteiger partial charge in [-0.05, 0) is 61.4 Å². The van der Waals surface area contributed by atoms with E-state index in [1.807, 2.05) is 41.3 Å². The summed E-state index contributed by atoms with van der Waals surface area (Å²) in [4.78, 5) is 16.8. The molecule has 0 aliphatic carbocycles. The lowest BCUT2D eigenvalue weighted by Gasteiger charge is -2.35. The van der Waals surface area contributed by atoms with E-state index >= 15 is 0 Å². The van der Waals surface area contributed by atoms with E-state index in [9.17, 15) is 4.79 Å². The third-order valence-corrected chi connectivity index (χ3v) is 5.91. The maximum absolute atomic E-state index is 12.7. The van der Waals surface area contributed by atoms with Crippen LogP contribution in [-0.4, -0.2) is 47.2 Å². The molecule has 1 fully saturated rings. The average molecular weight is 451 g/mol. The smallest absolute Gasteiger partial charge is 0.254 e. The normalized spacial score (nSPS) is 14.2. The molecule has 148 valence electrons. The number of carbonyl (C=O) groups excluding carboxylic acids is 1. The van der Waals surface area contributed by atoms with Crippen LogP contribution in [0.25, 0.3) is 11.3 Å². The Morgan fingerprint density at radius 1 is 0.897 bits per heavy atom. The van der Waals surface area contributed by atoms with Gasteiger partial charge >= 0.3 is 0 Å². The number of nitrogens with zero attached hydrogens (tertiary/aromatic N) is 4. The summed E-state index contributed by atoms with van der Waals surface area (Å²) in [5.74, 6) is 0.925. The van der Waals surface area contributed by atoms with Crippen LogP contribution >= 0.6 is 15.9 Å². The molecule has 6 heteroatoms. The predicted octanol–water partition coefficient (Wildman–Crippen LogP) is 4.49. The Morgan fingerprint density at radius 2 is 1.69 bits per heavy atom. The van der Waals surface area contributed by atoms with E-state index in [4.69, 9.17) is 0 Å². The predicted molar refractivity (Wildman–Crippen MR) is 119 cm³/mol. The molecule has 0 atom stereocenters. The van der Waals surface area contributed by atoms with Crippen LogP contribution in [0, 0.1) is 13.8 Å². The number of hydrogen-bond donors (Lipinski definition) is 0. The van der Waals surface area contributed by atoms with Crippen molar-refractivity contribution in [2.45, 2.75) is 13.8 Å². The molecule has 1 aliphatic rings. The van der Waals surface area contributed by atoms with Gasteiger partial charge in [0.25, 0.3) is 5.91 Å². The number of anilines is 1. The number of rotatable bonds is 3. The van der Waals surface area contributed by atoms with Gasteiger partial charge in [-0.1, -0.05) is 34.1 Å². The van der Waals surface area contributed by atoms with Crippen molar-refractivity contribution in [1.82, 2.24) is 15.1 Å². The maximum Gasteiger partial charge on any atom is 0.254 e. The third kappa shape index (κ3) is 4.32. The molecule has 2 aromatic carbocycles. The summed E-state index contributed by atoms with van der Waals surface area (Å²) in [5, 5.41) is 8.87. The second-order valence-electron chi connectivity index (χ2n) is 7.37. The number of aromatic nitrogens is 2. The highest BCUT2D eigenvalue weighted by atomic mass is 79.9. The van der Waals surface area contributed by atoms with Gasteiger partial charge in [0.1, 0.15) is 0 Å². The highest BCUT2D eigenvalue weighted by molar-refractivity contribution is 9.10. The summed E-state index contributed by atoms with van der Waals surface area (Å²) in [5.41, 5.74) is 5.19. The van der Waals surface area contributed by atoms with Gasteiger partial charge in [-0.25, -0.2) is 0 Å². The standard InChI is InChI=1S/C23H23BrN4O/c1-16-6-7-18(14-17(16)2)21-8-9-22(26-25-21)27-10-12-28(13-11-27)23(29)19-4-3-5-20(24)15-19/h3-9,14-15H,10-13H2,1-2H3. The van der Waals surface area contributed by atoms with Crippen molar-refractivity contribution in [2.24, 2.45) is 0 Å². The Labute approximate surface area is 179 Å². The molecule has 1 aromatic heterocycles. The van der Waals surface area contributed by atoms with Crippen molar-refractivity contribution < 1.29 is 4.79 Å². The summed E-state index contributed by atoms with van der Waals surface area (Å²) in [7, 11) is 0. The van der Waals surface area contributed by atoms with Crippen LogP contribution in [0.1, 0.15) is 21.5 Å². The molecule has 0 saturated carbocycles. The van der Waals surface area contributed by atoms with Gasteiger partial charge in [0.2, 0.25) is 0 Å². The number of piperazine rings is 1. The molecule has 0 radical (unpaired) electrons. The van der Waals surface area contributed by atoms with Gasteiger partial charge in [0.15, 0.2) is 5.82 Å². The van der Waals surface area contributed by atoms with Gasteiger partial charge < -0.3 is 9.80 Å². The van der Waals surface area contributed by atoms with Gasteiger partial charge in [0.05, 0.1) is 5.69 Å². The summed E-state index contributed by atoms with van der Waals surface area (Å²) < 4.78 is 0.918. The van der Waals surface area contributed by atoms with E-state index in [2.05, 4.69) is 63.1 Å². The molecule has 5 nitrogen and oxygen atoms in total. The Bertz CT molecular complexity index is 1030. The fourth-order valence-electron chi connectivity index (χ4n) is 3.49. The third-order valence-electron chi connectivity index (χ3n) is 5.42. The van der Waals surface area contributed by atoms with Crippen molar-refractivity contribution in [3.8, 4) is 11.3 Å². The Balaban J connectivity index is 1.41. The first-order valence-electron chi connectivity index (χ1n) is 9.72. The van der Waals surface area contributed by atoms with Crippen molar-refractivity contribution >= 4 is 27.7 Å². The summed E-state index contributed by atoms with van der Waals surface area (Å²) in [6.07, 6.45) is 0. The molecule has 1 amide bonds. The fourth-order valence-corrected chi connectivity index (χ4v) is 3.89. The first-order valence-corrected chi connectivity index (χ1v) is 10.5. The van der Waals surface area contributed by atoms with Crippen molar-refractivity contribution in [2.75, 3.05) is 31.1 Å². The molecule has 0 N–H and O–H groups in total. The molecule has 0 unspecified atom stereocenters. The molecule has 0 bridgehead atoms. The lowest BCUT2D eigenvalue weighted by Crippen LogP contribution is -2.49. The largest absolute Gasteiger partial charge is 0.352 e. The van der Waals surface area contributed by atoms with Crippen LogP contribution in [-0.2, 0) is 0 Å². The zero-order valence-corrected chi connectivity index (χ0v) is 18.2. The van der Waals surface area contributed by atoms with Gasteiger partial charge in [-0.15, -0.1) is 10.2 Å². The van der Waals surface area contributed by atoms with Crippen molar-refractivity contribution in [1.29, 1.82) is 0 Å². The second-order valence-corrected chi connectivity index (χ2v) is 8.28. The van der Waals surface area contributed by atoms with Gasteiger partial charge in [-0.3, -0.25) is 4.79 Å². The van der Waals surface area contributed by atoms with Crippen molar-refractivity contribution in [3.05, 3.63) is 75.8 Å². The number of benzene rings is 2. The van der Waals surface area contributed by atoms with Crippen LogP contribution in [0.2, 0.25) is 0 Å². The Hall–Kier alpha value is -2.73. The minimum atomic E-state index is 0.0714. The molecular weight excluding hydrogens is 428 g/mol. The Morgan fingerprint density at radius 3 is 2.34 bits per heavy atom. The Kier molecular flexibility index (Phi) is 5.62. The highest BCUT2D eigenvalue weighted by Crippen LogP contribution is 2.22. The van der Waals surface area contributed by atoms with Gasteiger partial charge in [-0.2, -0.15) is 0 Å². The summed E-state index contributed by atoms with van der Waals surface area (Å²) in [6, 6.07) is 17.9. The van der Waals surface area contributed by atoms with Crippen LogP contribution in [0.4, 0.5) is 5.82 Å². The van der Waals surface area contributed by atoms with Crippen molar-refractivity contribution in [3.63, 3.8) is 0 Å². The summed E-state index contributed by atoms with van der Waals surface area (Å²) in [6.45, 7) is 7.05. The van der Waals surface area contributed by atoms with E-state index in [1.165, 1.54) is 11.1 Å². The summed E-state index contributed by atoms with van der Waals surface area (Å²) >= 11 is 3.43. The zero-order chi connectivity index (χ0) is 20.4. The fraction of sp³-hybridized carbons (Fsp3) is 0.261. The monoisotopic (exact) mass is 450 g/mol. The minimum absolute atomic E-state index is 0.0714. The average Bonchev–Trinajstić information content (AvgIpc) is 2.75. The maximum atomic E-state index is 12.7. The van der Waals surface area contributed by atoms with Crippen LogP contribution in [0.15, 0.2) is 59.1 Å². The van der Waals surface area contributed by atoms with E-state index in [0.29, 0.717) is 18.7 Å². The number of carbonyl (C=O) groups is 1. The van der Waals surface area contributed by atoms with E-state index < -0.39 is 0 Å². The lowest BCUT2D eigenvalue weighted by atomic mass is 10.0. The first kappa shape index (κ1) is 19.6. The molecule has 2 heterocycles. The number of halogens is 1. The SMILES string of the molecule is Cc1ccc(-c2ccc(N3CCN(C(=O)c4cccc(Br)c4)CC3)nn2)cc1C. The highest BCUT2D eigenvalue weighted by Gasteiger charge is 2.23. The molecule has 29 heavy (non-hydrogen) atoms. The quantitative estimate of drug-likeness (QED) is 0.589. The van der Waals surface area contributed by atoms with Crippen LogP contribution in [0.5, 0.6) is 0 Å². The number of amides is 1. The topological polar surface area (TPSA) is 49.3 Å². The molecule has 3 aromatic rings. The van der Waals surface area contributed by atoms with E-state index in [1.54, 1.807) is 0 Å². The molecule has 0 spiro atoms. The van der Waals surface area contributed by atoms with E-state index in [0.717, 1.165) is 34.6 Å². The van der Waals surface area contributed by atoms with Gasteiger partial charge in [0, 0.05) is 41.8 Å². The number of aryl methyl sites for hydroxylation is 2. The van der Waals surface area contributed by atoms with Crippen LogP contribution < -0.4 is 4.90 Å². The molecular formula is C23H23BrN4O. The zero-order valence-electron chi connectivity index (χ0n) is 16.6. The van der Waals surface area contributed by atoms with E-state index in [-0.39, 0.29) is 5.91 Å². The first-order chi connectivity index (χ1) is 14.0. The molecule has 1 aliphatic heterocycles. The second kappa shape index (κ2) is 8.33. The minimum Gasteiger partial charge on any atom is -0.352 e.